The topological polar surface area (TPSA) is 80.3 Å². The SMILES string of the molecule is O=C1COc2ccc(NC(=O)c3cccnc3F)cc2N1. The van der Waals surface area contributed by atoms with Gasteiger partial charge in [0.15, 0.2) is 6.61 Å². The lowest BCUT2D eigenvalue weighted by Crippen LogP contribution is -2.25. The molecule has 1 aromatic heterocycles. The first-order valence-corrected chi connectivity index (χ1v) is 6.12. The molecule has 0 radical (unpaired) electrons. The summed E-state index contributed by atoms with van der Waals surface area (Å²) in [6, 6.07) is 7.56. The van der Waals surface area contributed by atoms with Gasteiger partial charge in [-0.1, -0.05) is 0 Å². The summed E-state index contributed by atoms with van der Waals surface area (Å²) in [7, 11) is 0. The number of carbonyl (C=O) groups excluding carboxylic acids is 2. The van der Waals surface area contributed by atoms with Crippen LogP contribution in [0, 0.1) is 5.95 Å². The zero-order valence-corrected chi connectivity index (χ0v) is 10.7. The smallest absolute Gasteiger partial charge is 0.262 e. The molecule has 0 saturated heterocycles. The van der Waals surface area contributed by atoms with Crippen LogP contribution in [0.4, 0.5) is 15.8 Å². The second kappa shape index (κ2) is 5.20. The number of benzene rings is 1. The fourth-order valence-corrected chi connectivity index (χ4v) is 1.91. The van der Waals surface area contributed by atoms with Crippen LogP contribution in [0.5, 0.6) is 5.75 Å². The van der Waals surface area contributed by atoms with Gasteiger partial charge in [0, 0.05) is 11.9 Å². The van der Waals surface area contributed by atoms with E-state index in [4.69, 9.17) is 4.74 Å². The highest BCUT2D eigenvalue weighted by atomic mass is 19.1. The van der Waals surface area contributed by atoms with Crippen molar-refractivity contribution in [2.45, 2.75) is 0 Å². The van der Waals surface area contributed by atoms with Crippen LogP contribution >= 0.6 is 0 Å². The van der Waals surface area contributed by atoms with Gasteiger partial charge >= 0.3 is 0 Å². The Balaban J connectivity index is 1.82. The quantitative estimate of drug-likeness (QED) is 0.825. The number of nitrogens with zero attached hydrogens (tertiary/aromatic N) is 1. The molecular weight excluding hydrogens is 277 g/mol. The molecule has 21 heavy (non-hydrogen) atoms. The number of rotatable bonds is 2. The van der Waals surface area contributed by atoms with E-state index in [1.807, 2.05) is 0 Å². The maximum Gasteiger partial charge on any atom is 0.262 e. The molecule has 0 saturated carbocycles. The van der Waals surface area contributed by atoms with Gasteiger partial charge in [-0.25, -0.2) is 4.98 Å². The normalized spacial score (nSPS) is 12.9. The molecule has 2 aromatic rings. The van der Waals surface area contributed by atoms with Gasteiger partial charge in [0.1, 0.15) is 5.75 Å². The van der Waals surface area contributed by atoms with E-state index in [1.165, 1.54) is 18.3 Å². The lowest BCUT2D eigenvalue weighted by Gasteiger charge is -2.18. The van der Waals surface area contributed by atoms with Crippen molar-refractivity contribution in [3.63, 3.8) is 0 Å². The number of hydrogen-bond donors (Lipinski definition) is 2. The van der Waals surface area contributed by atoms with Gasteiger partial charge in [0.2, 0.25) is 5.95 Å². The number of aromatic nitrogens is 1. The summed E-state index contributed by atoms with van der Waals surface area (Å²) in [6.45, 7) is -0.0421. The third-order valence-electron chi connectivity index (χ3n) is 2.87. The number of carbonyl (C=O) groups is 2. The first-order valence-electron chi connectivity index (χ1n) is 6.12. The zero-order chi connectivity index (χ0) is 14.8. The highest BCUT2D eigenvalue weighted by Crippen LogP contribution is 2.30. The Morgan fingerprint density at radius 1 is 1.38 bits per heavy atom. The Bertz CT molecular complexity index is 733. The monoisotopic (exact) mass is 287 g/mol. The molecule has 0 fully saturated rings. The number of amides is 2. The number of halogens is 1. The van der Waals surface area contributed by atoms with Gasteiger partial charge in [-0.3, -0.25) is 9.59 Å². The second-order valence-corrected chi connectivity index (χ2v) is 4.34. The highest BCUT2D eigenvalue weighted by molar-refractivity contribution is 6.05. The van der Waals surface area contributed by atoms with Crippen LogP contribution in [-0.2, 0) is 4.79 Å². The molecular formula is C14H10FN3O3. The van der Waals surface area contributed by atoms with Crippen molar-refractivity contribution in [3.05, 3.63) is 48.0 Å². The molecule has 7 heteroatoms. The molecule has 6 nitrogen and oxygen atoms in total. The van der Waals surface area contributed by atoms with Crippen molar-refractivity contribution in [2.75, 3.05) is 17.2 Å². The molecule has 2 heterocycles. The van der Waals surface area contributed by atoms with Gasteiger partial charge < -0.3 is 15.4 Å². The van der Waals surface area contributed by atoms with Crippen LogP contribution < -0.4 is 15.4 Å². The number of nitrogens with one attached hydrogen (secondary N) is 2. The Morgan fingerprint density at radius 3 is 3.05 bits per heavy atom. The summed E-state index contributed by atoms with van der Waals surface area (Å²) in [5.74, 6) is -1.22. The van der Waals surface area contributed by atoms with Gasteiger partial charge in [0.05, 0.1) is 11.3 Å². The number of anilines is 2. The van der Waals surface area contributed by atoms with Gasteiger partial charge in [-0.05, 0) is 30.3 Å². The van der Waals surface area contributed by atoms with Crippen molar-refractivity contribution >= 4 is 23.2 Å². The summed E-state index contributed by atoms with van der Waals surface area (Å²) < 4.78 is 18.6. The first kappa shape index (κ1) is 13.0. The minimum absolute atomic E-state index is 0.0421. The van der Waals surface area contributed by atoms with Gasteiger partial charge in [0.25, 0.3) is 11.8 Å². The third-order valence-corrected chi connectivity index (χ3v) is 2.87. The zero-order valence-electron chi connectivity index (χ0n) is 10.7. The fraction of sp³-hybridized carbons (Fsp3) is 0.0714. The minimum Gasteiger partial charge on any atom is -0.482 e. The van der Waals surface area contributed by atoms with Gasteiger partial charge in [-0.15, -0.1) is 0 Å². The van der Waals surface area contributed by atoms with Crippen molar-refractivity contribution < 1.29 is 18.7 Å². The predicted octanol–water partition coefficient (Wildman–Crippen LogP) is 1.80. The van der Waals surface area contributed by atoms with E-state index in [0.717, 1.165) is 0 Å². The summed E-state index contributed by atoms with van der Waals surface area (Å²) in [5, 5.41) is 5.16. The molecule has 0 unspecified atom stereocenters. The predicted molar refractivity (Wildman–Crippen MR) is 72.7 cm³/mol. The van der Waals surface area contributed by atoms with Crippen molar-refractivity contribution in [1.82, 2.24) is 4.98 Å². The molecule has 0 atom stereocenters. The van der Waals surface area contributed by atoms with Crippen LogP contribution in [-0.4, -0.2) is 23.4 Å². The molecule has 2 amide bonds. The van der Waals surface area contributed by atoms with Crippen molar-refractivity contribution in [1.29, 1.82) is 0 Å². The van der Waals surface area contributed by atoms with E-state index < -0.39 is 11.9 Å². The third kappa shape index (κ3) is 2.66. The molecule has 1 aromatic carbocycles. The lowest BCUT2D eigenvalue weighted by molar-refractivity contribution is -0.118. The maximum atomic E-state index is 13.4. The summed E-state index contributed by atoms with van der Waals surface area (Å²) >= 11 is 0. The maximum absolute atomic E-state index is 13.4. The standard InChI is InChI=1S/C14H10FN3O3/c15-13-9(2-1-5-16-13)14(20)17-8-3-4-11-10(6-8)18-12(19)7-21-11/h1-6H,7H2,(H,17,20)(H,18,19). The Kier molecular flexibility index (Phi) is 3.23. The Hall–Kier alpha value is -2.96. The Morgan fingerprint density at radius 2 is 2.24 bits per heavy atom. The first-order chi connectivity index (χ1) is 10.1. The molecule has 3 rings (SSSR count). The van der Waals surface area contributed by atoms with Crippen LogP contribution in [0.15, 0.2) is 36.5 Å². The van der Waals surface area contributed by atoms with E-state index >= 15 is 0 Å². The molecule has 2 N–H and O–H groups in total. The fourth-order valence-electron chi connectivity index (χ4n) is 1.91. The average molecular weight is 287 g/mol. The summed E-state index contributed by atoms with van der Waals surface area (Å²) in [4.78, 5) is 26.6. The van der Waals surface area contributed by atoms with E-state index in [2.05, 4.69) is 15.6 Å². The lowest BCUT2D eigenvalue weighted by atomic mass is 10.2. The average Bonchev–Trinajstić information content (AvgIpc) is 2.47. The van der Waals surface area contributed by atoms with E-state index in [-0.39, 0.29) is 18.1 Å². The number of ether oxygens (including phenoxy) is 1. The van der Waals surface area contributed by atoms with Crippen LogP contribution in [0.3, 0.4) is 0 Å². The summed E-state index contributed by atoms with van der Waals surface area (Å²) in [5.41, 5.74) is 0.707. The van der Waals surface area contributed by atoms with E-state index in [9.17, 15) is 14.0 Å². The number of hydrogen-bond acceptors (Lipinski definition) is 4. The number of fused-ring (bicyclic) bond motifs is 1. The van der Waals surface area contributed by atoms with Gasteiger partial charge in [-0.2, -0.15) is 4.39 Å². The molecule has 0 spiro atoms. The molecule has 106 valence electrons. The largest absolute Gasteiger partial charge is 0.482 e. The van der Waals surface area contributed by atoms with Crippen LogP contribution in [0.2, 0.25) is 0 Å². The number of pyridine rings is 1. The molecule has 0 bridgehead atoms. The van der Waals surface area contributed by atoms with E-state index in [0.29, 0.717) is 17.1 Å². The van der Waals surface area contributed by atoms with Crippen molar-refractivity contribution in [3.8, 4) is 5.75 Å². The van der Waals surface area contributed by atoms with Crippen molar-refractivity contribution in [2.24, 2.45) is 0 Å². The van der Waals surface area contributed by atoms with Crippen LogP contribution in [0.25, 0.3) is 0 Å². The van der Waals surface area contributed by atoms with E-state index in [1.54, 1.807) is 18.2 Å². The molecule has 1 aliphatic rings. The van der Waals surface area contributed by atoms with Crippen LogP contribution in [0.1, 0.15) is 10.4 Å². The molecule has 0 aliphatic carbocycles. The summed E-state index contributed by atoms with van der Waals surface area (Å²) in [6.07, 6.45) is 1.26. The highest BCUT2D eigenvalue weighted by Gasteiger charge is 2.17. The molecule has 1 aliphatic heterocycles. The Labute approximate surface area is 118 Å². The minimum atomic E-state index is -0.843. The second-order valence-electron chi connectivity index (χ2n) is 4.34.